The van der Waals surface area contributed by atoms with Gasteiger partial charge in [-0.2, -0.15) is 0 Å². The Morgan fingerprint density at radius 1 is 0.395 bits per heavy atom. The topological polar surface area (TPSA) is 3.24 Å². The fraction of sp³-hybridized carbons (Fsp3) is 0.475. The second-order valence-electron chi connectivity index (χ2n) is 25.9. The lowest BCUT2D eigenvalue weighted by molar-refractivity contribution is 0.443. The summed E-state index contributed by atoms with van der Waals surface area (Å²) in [4.78, 5) is 2.60. The third kappa shape index (κ3) is 11.7. The summed E-state index contributed by atoms with van der Waals surface area (Å²) in [5.41, 5.74) is 23.7. The predicted octanol–water partition coefficient (Wildman–Crippen LogP) is 24.6. The molecule has 81 heavy (non-hydrogen) atoms. The zero-order chi connectivity index (χ0) is 55.7. The fourth-order valence-corrected chi connectivity index (χ4v) is 16.5. The molecule has 4 aliphatic rings. The quantitative estimate of drug-likeness (QED) is 0.0654. The van der Waals surface area contributed by atoms with Crippen molar-refractivity contribution in [2.75, 3.05) is 4.90 Å². The van der Waals surface area contributed by atoms with Crippen molar-refractivity contribution in [3.63, 3.8) is 0 Å². The Bertz CT molecular complexity index is 3000. The van der Waals surface area contributed by atoms with Crippen molar-refractivity contribution in [1.29, 1.82) is 0 Å². The first-order chi connectivity index (χ1) is 39.9. The molecule has 0 amide bonds. The van der Waals surface area contributed by atoms with Gasteiger partial charge in [-0.15, -0.1) is 0 Å². The Hall–Kier alpha value is -5.66. The fourth-order valence-electron chi connectivity index (χ4n) is 16.5. The molecule has 0 aliphatic heterocycles. The molecule has 0 bridgehead atoms. The standard InChI is InChI=1S/C80H99N/c1-7-13-27-57(10-4)67-54-75(58(11-5)25-8-2)79(76(55-67)59(12-6)26-9-3)66-42-50-71(51-43-66)81(70-48-40-65(41-49-70)62-32-21-16-22-33-62)72-52-53-74-73-34-23-24-35-77(73)80(78(74)56-72,68-44-36-63(37-45-68)60-28-17-14-18-29-60)69-46-38-64(39-47-69)61-30-19-15-20-31-61/h23-24,34-62H,7-22,25-33H2,1-6H3. The van der Waals surface area contributed by atoms with Gasteiger partial charge in [0.1, 0.15) is 0 Å². The second-order valence-corrected chi connectivity index (χ2v) is 25.9. The van der Waals surface area contributed by atoms with Crippen LogP contribution in [0.1, 0.15) is 293 Å². The van der Waals surface area contributed by atoms with Crippen LogP contribution in [0.15, 0.2) is 152 Å². The lowest BCUT2D eigenvalue weighted by atomic mass is 9.67. The summed E-state index contributed by atoms with van der Waals surface area (Å²) in [7, 11) is 0. The van der Waals surface area contributed by atoms with E-state index < -0.39 is 5.41 Å². The molecule has 0 spiro atoms. The van der Waals surface area contributed by atoms with E-state index in [0.717, 1.165) is 0 Å². The molecular weight excluding hydrogens is 975 g/mol. The van der Waals surface area contributed by atoms with Crippen LogP contribution in [0.3, 0.4) is 0 Å². The first-order valence-electron chi connectivity index (χ1n) is 33.6. The highest BCUT2D eigenvalue weighted by molar-refractivity contribution is 5.90. The van der Waals surface area contributed by atoms with Gasteiger partial charge in [0.15, 0.2) is 0 Å². The smallest absolute Gasteiger partial charge is 0.0714 e. The molecular formula is C80H99N. The molecule has 3 atom stereocenters. The highest BCUT2D eigenvalue weighted by atomic mass is 15.1. The molecule has 0 radical (unpaired) electrons. The molecule has 0 saturated heterocycles. The third-order valence-corrected chi connectivity index (χ3v) is 21.0. The minimum atomic E-state index is -0.493. The number of unbranched alkanes of at least 4 members (excludes halogenated alkanes) is 1. The van der Waals surface area contributed by atoms with Crippen molar-refractivity contribution < 1.29 is 0 Å². The van der Waals surface area contributed by atoms with Gasteiger partial charge in [-0.1, -0.05) is 240 Å². The largest absolute Gasteiger partial charge is 0.310 e. The maximum absolute atomic E-state index is 2.71. The van der Waals surface area contributed by atoms with Crippen LogP contribution in [0.2, 0.25) is 0 Å². The first-order valence-corrected chi connectivity index (χ1v) is 33.6. The molecule has 3 saturated carbocycles. The van der Waals surface area contributed by atoms with Gasteiger partial charge in [-0.3, -0.25) is 0 Å². The molecule has 7 aromatic carbocycles. The van der Waals surface area contributed by atoms with Crippen LogP contribution >= 0.6 is 0 Å². The lowest BCUT2D eigenvalue weighted by Crippen LogP contribution is -2.29. The Morgan fingerprint density at radius 3 is 1.28 bits per heavy atom. The molecule has 0 aromatic heterocycles. The molecule has 0 N–H and O–H groups in total. The molecule has 0 heterocycles. The maximum atomic E-state index is 2.71. The van der Waals surface area contributed by atoms with Crippen molar-refractivity contribution in [3.05, 3.63) is 207 Å². The molecule has 1 heteroatoms. The van der Waals surface area contributed by atoms with Gasteiger partial charge < -0.3 is 4.90 Å². The molecule has 1 nitrogen and oxygen atoms in total. The van der Waals surface area contributed by atoms with Crippen LogP contribution in [-0.4, -0.2) is 0 Å². The molecule has 424 valence electrons. The van der Waals surface area contributed by atoms with Gasteiger partial charge in [0.25, 0.3) is 0 Å². The highest BCUT2D eigenvalue weighted by Gasteiger charge is 2.47. The van der Waals surface area contributed by atoms with Crippen molar-refractivity contribution in [2.45, 2.75) is 243 Å². The predicted molar refractivity (Wildman–Crippen MR) is 350 cm³/mol. The minimum absolute atomic E-state index is 0.493. The summed E-state index contributed by atoms with van der Waals surface area (Å²) in [6.07, 6.45) is 32.3. The Morgan fingerprint density at radius 2 is 0.827 bits per heavy atom. The minimum Gasteiger partial charge on any atom is -0.310 e. The van der Waals surface area contributed by atoms with Gasteiger partial charge in [0.2, 0.25) is 0 Å². The monoisotopic (exact) mass is 1070 g/mol. The normalized spacial score (nSPS) is 17.8. The third-order valence-electron chi connectivity index (χ3n) is 21.0. The number of hydrogen-bond donors (Lipinski definition) is 0. The average molecular weight is 1070 g/mol. The summed E-state index contributed by atoms with van der Waals surface area (Å²) in [6, 6.07) is 62.4. The van der Waals surface area contributed by atoms with E-state index in [9.17, 15) is 0 Å². The molecule has 7 aromatic rings. The number of hydrogen-bond acceptors (Lipinski definition) is 1. The van der Waals surface area contributed by atoms with Gasteiger partial charge >= 0.3 is 0 Å². The molecule has 11 rings (SSSR count). The van der Waals surface area contributed by atoms with E-state index in [2.05, 4.69) is 198 Å². The summed E-state index contributed by atoms with van der Waals surface area (Å²) in [6.45, 7) is 14.5. The van der Waals surface area contributed by atoms with Crippen molar-refractivity contribution in [1.82, 2.24) is 0 Å². The van der Waals surface area contributed by atoms with E-state index in [1.165, 1.54) is 239 Å². The Balaban J connectivity index is 1.09. The van der Waals surface area contributed by atoms with E-state index >= 15 is 0 Å². The van der Waals surface area contributed by atoms with E-state index in [4.69, 9.17) is 0 Å². The number of anilines is 3. The van der Waals surface area contributed by atoms with Crippen LogP contribution < -0.4 is 4.90 Å². The molecule has 3 fully saturated rings. The van der Waals surface area contributed by atoms with Crippen LogP contribution in [0.5, 0.6) is 0 Å². The van der Waals surface area contributed by atoms with Gasteiger partial charge in [-0.05, 0) is 227 Å². The highest BCUT2D eigenvalue weighted by Crippen LogP contribution is 2.58. The maximum Gasteiger partial charge on any atom is 0.0714 e. The Labute approximate surface area is 491 Å². The van der Waals surface area contributed by atoms with Crippen LogP contribution in [0.4, 0.5) is 17.1 Å². The van der Waals surface area contributed by atoms with Gasteiger partial charge in [-0.25, -0.2) is 0 Å². The zero-order valence-corrected chi connectivity index (χ0v) is 51.0. The second kappa shape index (κ2) is 26.7. The van der Waals surface area contributed by atoms with Crippen LogP contribution in [0, 0.1) is 0 Å². The molecule has 4 aliphatic carbocycles. The van der Waals surface area contributed by atoms with Crippen LogP contribution in [-0.2, 0) is 5.41 Å². The lowest BCUT2D eigenvalue weighted by Gasteiger charge is -2.36. The SMILES string of the molecule is CCCCC(CC)c1cc(C(CC)CCC)c(-c2ccc(N(c3ccc(C4CCCCC4)cc3)c3ccc4c(c3)C(c3ccc(C5CCCCC5)cc3)(c3ccc(C5CCCCC5)cc3)c3ccccc3-4)cc2)c(C(CC)CCC)c1. The number of nitrogens with zero attached hydrogens (tertiary/aromatic N) is 1. The van der Waals surface area contributed by atoms with E-state index in [-0.39, 0.29) is 0 Å². The summed E-state index contributed by atoms with van der Waals surface area (Å²) in [5.74, 6) is 3.65. The van der Waals surface area contributed by atoms with Crippen LogP contribution in [0.25, 0.3) is 22.3 Å². The number of rotatable bonds is 22. The zero-order valence-electron chi connectivity index (χ0n) is 51.0. The van der Waals surface area contributed by atoms with Gasteiger partial charge in [0, 0.05) is 17.1 Å². The van der Waals surface area contributed by atoms with E-state index in [0.29, 0.717) is 35.5 Å². The van der Waals surface area contributed by atoms with Crippen molar-refractivity contribution in [3.8, 4) is 22.3 Å². The number of fused-ring (bicyclic) bond motifs is 3. The van der Waals surface area contributed by atoms with E-state index in [1.54, 1.807) is 16.7 Å². The van der Waals surface area contributed by atoms with Gasteiger partial charge in [0.05, 0.1) is 5.41 Å². The summed E-state index contributed by atoms with van der Waals surface area (Å²) < 4.78 is 0. The number of benzene rings is 7. The first kappa shape index (κ1) is 57.2. The molecule has 3 unspecified atom stereocenters. The van der Waals surface area contributed by atoms with Crippen molar-refractivity contribution >= 4 is 17.1 Å². The average Bonchev–Trinajstić information content (AvgIpc) is 3.51. The Kier molecular flexibility index (Phi) is 18.9. The summed E-state index contributed by atoms with van der Waals surface area (Å²) in [5, 5.41) is 0. The van der Waals surface area contributed by atoms with Crippen molar-refractivity contribution in [2.24, 2.45) is 0 Å². The summed E-state index contributed by atoms with van der Waals surface area (Å²) >= 11 is 0. The van der Waals surface area contributed by atoms with E-state index in [1.807, 2.05) is 0 Å².